The summed E-state index contributed by atoms with van der Waals surface area (Å²) < 4.78 is 39.7. The average molecular weight is 294 g/mol. The second-order valence-electron chi connectivity index (χ2n) is 5.41. The van der Waals surface area contributed by atoms with E-state index in [1.54, 1.807) is 0 Å². The van der Waals surface area contributed by atoms with Crippen molar-refractivity contribution in [3.8, 4) is 0 Å². The number of nitrogens with one attached hydrogen (secondary N) is 1. The summed E-state index contributed by atoms with van der Waals surface area (Å²) in [6.45, 7) is -0.0771. The summed E-state index contributed by atoms with van der Waals surface area (Å²) in [6, 6.07) is 0. The Morgan fingerprint density at radius 2 is 1.85 bits per heavy atom. The molecule has 8 heteroatoms. The van der Waals surface area contributed by atoms with E-state index in [4.69, 9.17) is 5.11 Å². The van der Waals surface area contributed by atoms with E-state index in [1.807, 2.05) is 0 Å². The van der Waals surface area contributed by atoms with Crippen LogP contribution in [0.5, 0.6) is 0 Å². The van der Waals surface area contributed by atoms with Gasteiger partial charge in [0, 0.05) is 19.6 Å². The molecule has 0 aliphatic carbocycles. The summed E-state index contributed by atoms with van der Waals surface area (Å²) in [5.74, 6) is -2.44. The maximum absolute atomic E-state index is 13.2. The molecule has 2 saturated heterocycles. The standard InChI is InChI=1S/C12H17F3N2O3/c13-12(14,15)11(3-4-16-7-11)10(20)17-5-1-8(2-6-17)9(18)19/h8,16H,1-7H2,(H,18,19). The number of nitrogens with zero attached hydrogens (tertiary/aromatic N) is 1. The Kier molecular flexibility index (Phi) is 3.95. The quantitative estimate of drug-likeness (QED) is 0.792. The highest BCUT2D eigenvalue weighted by Crippen LogP contribution is 2.44. The second-order valence-corrected chi connectivity index (χ2v) is 5.41. The van der Waals surface area contributed by atoms with Gasteiger partial charge < -0.3 is 15.3 Å². The molecule has 0 bridgehead atoms. The van der Waals surface area contributed by atoms with E-state index in [-0.39, 0.29) is 38.9 Å². The number of carbonyl (C=O) groups is 2. The summed E-state index contributed by atoms with van der Waals surface area (Å²) in [4.78, 5) is 24.2. The first-order valence-electron chi connectivity index (χ1n) is 6.57. The SMILES string of the molecule is O=C(O)C1CCN(C(=O)C2(C(F)(F)F)CCNC2)CC1. The van der Waals surface area contributed by atoms with Crippen LogP contribution < -0.4 is 5.32 Å². The number of aliphatic carboxylic acids is 1. The van der Waals surface area contributed by atoms with E-state index >= 15 is 0 Å². The topological polar surface area (TPSA) is 69.6 Å². The Balaban J connectivity index is 2.09. The highest BCUT2D eigenvalue weighted by atomic mass is 19.4. The molecular weight excluding hydrogens is 277 g/mol. The number of carbonyl (C=O) groups excluding carboxylic acids is 1. The zero-order valence-corrected chi connectivity index (χ0v) is 10.9. The van der Waals surface area contributed by atoms with E-state index in [1.165, 1.54) is 4.90 Å². The number of alkyl halides is 3. The minimum absolute atomic E-state index is 0.0770. The molecule has 0 saturated carbocycles. The first kappa shape index (κ1) is 15.1. The van der Waals surface area contributed by atoms with Gasteiger partial charge in [0.2, 0.25) is 5.91 Å². The smallest absolute Gasteiger partial charge is 0.404 e. The van der Waals surface area contributed by atoms with Gasteiger partial charge >= 0.3 is 12.1 Å². The maximum Gasteiger partial charge on any atom is 0.404 e. The van der Waals surface area contributed by atoms with Gasteiger partial charge in [0.05, 0.1) is 5.92 Å². The normalized spacial score (nSPS) is 28.6. The molecule has 0 spiro atoms. The van der Waals surface area contributed by atoms with Crippen LogP contribution in [0.15, 0.2) is 0 Å². The number of amides is 1. The molecule has 1 amide bonds. The molecule has 0 aromatic heterocycles. The molecule has 5 nitrogen and oxygen atoms in total. The number of hydrogen-bond donors (Lipinski definition) is 2. The third kappa shape index (κ3) is 2.48. The van der Waals surface area contributed by atoms with Crippen molar-refractivity contribution in [3.63, 3.8) is 0 Å². The van der Waals surface area contributed by atoms with Gasteiger partial charge in [0.25, 0.3) is 0 Å². The molecule has 2 aliphatic rings. The minimum atomic E-state index is -4.59. The van der Waals surface area contributed by atoms with E-state index in [0.29, 0.717) is 0 Å². The first-order valence-corrected chi connectivity index (χ1v) is 6.57. The zero-order chi connectivity index (χ0) is 15.0. The Bertz CT molecular complexity index is 397. The lowest BCUT2D eigenvalue weighted by molar-refractivity contribution is -0.222. The predicted molar refractivity (Wildman–Crippen MR) is 62.9 cm³/mol. The van der Waals surface area contributed by atoms with Gasteiger partial charge in [-0.05, 0) is 25.8 Å². The van der Waals surface area contributed by atoms with Crippen LogP contribution in [0.1, 0.15) is 19.3 Å². The molecule has 0 aromatic rings. The van der Waals surface area contributed by atoms with Crippen molar-refractivity contribution in [3.05, 3.63) is 0 Å². The van der Waals surface area contributed by atoms with Crippen LogP contribution in [0.25, 0.3) is 0 Å². The molecule has 2 heterocycles. The second kappa shape index (κ2) is 5.23. The molecule has 20 heavy (non-hydrogen) atoms. The van der Waals surface area contributed by atoms with Crippen LogP contribution in [0, 0.1) is 11.3 Å². The lowest BCUT2D eigenvalue weighted by Crippen LogP contribution is -2.55. The molecule has 2 N–H and O–H groups in total. The van der Waals surface area contributed by atoms with Gasteiger partial charge in [-0.3, -0.25) is 9.59 Å². The first-order chi connectivity index (χ1) is 9.28. The Hall–Kier alpha value is -1.31. The van der Waals surface area contributed by atoms with E-state index < -0.39 is 35.9 Å². The third-order valence-electron chi connectivity index (χ3n) is 4.24. The van der Waals surface area contributed by atoms with Crippen LogP contribution in [0.2, 0.25) is 0 Å². The van der Waals surface area contributed by atoms with E-state index in [9.17, 15) is 22.8 Å². The van der Waals surface area contributed by atoms with Crippen LogP contribution in [-0.2, 0) is 9.59 Å². The predicted octanol–water partition coefficient (Wildman–Crippen LogP) is 0.852. The fraction of sp³-hybridized carbons (Fsp3) is 0.833. The van der Waals surface area contributed by atoms with Crippen molar-refractivity contribution in [2.24, 2.45) is 11.3 Å². The Morgan fingerprint density at radius 1 is 1.25 bits per heavy atom. The number of hydrogen-bond acceptors (Lipinski definition) is 3. The van der Waals surface area contributed by atoms with Crippen LogP contribution in [-0.4, -0.2) is 54.2 Å². The van der Waals surface area contributed by atoms with Crippen molar-refractivity contribution in [1.82, 2.24) is 10.2 Å². The fourth-order valence-corrected chi connectivity index (χ4v) is 2.87. The summed E-state index contributed by atoms with van der Waals surface area (Å²) in [5, 5.41) is 11.5. The largest absolute Gasteiger partial charge is 0.481 e. The number of rotatable bonds is 2. The van der Waals surface area contributed by atoms with E-state index in [2.05, 4.69) is 5.32 Å². The number of carboxylic acid groups (broad SMARTS) is 1. The monoisotopic (exact) mass is 294 g/mol. The highest BCUT2D eigenvalue weighted by molar-refractivity contribution is 5.84. The number of piperidine rings is 1. The van der Waals surface area contributed by atoms with Crippen molar-refractivity contribution in [2.75, 3.05) is 26.2 Å². The Morgan fingerprint density at radius 3 is 2.25 bits per heavy atom. The molecule has 114 valence electrons. The molecule has 0 radical (unpaired) electrons. The highest BCUT2D eigenvalue weighted by Gasteiger charge is 2.62. The molecule has 2 rings (SSSR count). The lowest BCUT2D eigenvalue weighted by atomic mass is 9.83. The average Bonchev–Trinajstić information content (AvgIpc) is 2.88. The summed E-state index contributed by atoms with van der Waals surface area (Å²) in [5.41, 5.74) is -2.34. The van der Waals surface area contributed by atoms with Crippen molar-refractivity contribution in [1.29, 1.82) is 0 Å². The maximum atomic E-state index is 13.2. The molecule has 2 aliphatic heterocycles. The minimum Gasteiger partial charge on any atom is -0.481 e. The number of halogens is 3. The van der Waals surface area contributed by atoms with Gasteiger partial charge in [-0.1, -0.05) is 0 Å². The van der Waals surface area contributed by atoms with Crippen molar-refractivity contribution in [2.45, 2.75) is 25.4 Å². The summed E-state index contributed by atoms with van der Waals surface area (Å²) in [6.07, 6.45) is -4.42. The number of likely N-dealkylation sites (tertiary alicyclic amines) is 1. The molecule has 1 atom stereocenters. The van der Waals surface area contributed by atoms with Gasteiger partial charge in [0.15, 0.2) is 5.41 Å². The zero-order valence-electron chi connectivity index (χ0n) is 10.9. The van der Waals surface area contributed by atoms with Gasteiger partial charge in [-0.15, -0.1) is 0 Å². The fourth-order valence-electron chi connectivity index (χ4n) is 2.87. The van der Waals surface area contributed by atoms with Crippen LogP contribution in [0.3, 0.4) is 0 Å². The van der Waals surface area contributed by atoms with Crippen LogP contribution in [0.4, 0.5) is 13.2 Å². The third-order valence-corrected chi connectivity index (χ3v) is 4.24. The van der Waals surface area contributed by atoms with Gasteiger partial charge in [0.1, 0.15) is 0 Å². The Labute approximate surface area is 114 Å². The summed E-state index contributed by atoms with van der Waals surface area (Å²) in [7, 11) is 0. The summed E-state index contributed by atoms with van der Waals surface area (Å²) >= 11 is 0. The van der Waals surface area contributed by atoms with Gasteiger partial charge in [-0.2, -0.15) is 13.2 Å². The molecular formula is C12H17F3N2O3. The number of carboxylic acids is 1. The van der Waals surface area contributed by atoms with E-state index in [0.717, 1.165) is 0 Å². The molecule has 2 fully saturated rings. The van der Waals surface area contributed by atoms with Crippen molar-refractivity contribution < 1.29 is 27.9 Å². The van der Waals surface area contributed by atoms with Crippen LogP contribution >= 0.6 is 0 Å². The van der Waals surface area contributed by atoms with Crippen molar-refractivity contribution >= 4 is 11.9 Å². The lowest BCUT2D eigenvalue weighted by Gasteiger charge is -2.38. The molecule has 0 aromatic carbocycles. The molecule has 1 unspecified atom stereocenters. The van der Waals surface area contributed by atoms with Gasteiger partial charge in [-0.25, -0.2) is 0 Å².